The van der Waals surface area contributed by atoms with Gasteiger partial charge in [0, 0.05) is 5.03 Å². The Labute approximate surface area is 85.8 Å². The molecule has 0 spiro atoms. The number of allylic oxidation sites excluding steroid dienone is 4. The van der Waals surface area contributed by atoms with Gasteiger partial charge in [-0.05, 0) is 18.9 Å². The molecule has 0 atom stereocenters. The standard InChI is InChI=1S/C6H7Cl2NO3S/c7-5-2-1-4(3-6(5)8)13(11,12)9-10/h3,9-10H,1-2H2. The molecule has 1 aliphatic rings. The Balaban J connectivity index is 3.05. The predicted octanol–water partition coefficient (Wildman–Crippen LogP) is 1.66. The highest BCUT2D eigenvalue weighted by atomic mass is 35.5. The van der Waals surface area contributed by atoms with E-state index in [2.05, 4.69) is 0 Å². The monoisotopic (exact) mass is 243 g/mol. The number of halogens is 2. The van der Waals surface area contributed by atoms with Crippen molar-refractivity contribution < 1.29 is 13.6 Å². The van der Waals surface area contributed by atoms with Gasteiger partial charge in [0.2, 0.25) is 0 Å². The summed E-state index contributed by atoms with van der Waals surface area (Å²) in [5.41, 5.74) is 0. The summed E-state index contributed by atoms with van der Waals surface area (Å²) in [5.74, 6) is 0. The molecule has 0 unspecified atom stereocenters. The lowest BCUT2D eigenvalue weighted by molar-refractivity contribution is 0.244. The zero-order chi connectivity index (χ0) is 10.1. The Hall–Kier alpha value is -0.0700. The maximum atomic E-state index is 11.1. The summed E-state index contributed by atoms with van der Waals surface area (Å²) in [7, 11) is -3.79. The third-order valence-corrected chi connectivity index (χ3v) is 3.68. The van der Waals surface area contributed by atoms with Crippen molar-refractivity contribution in [2.75, 3.05) is 0 Å². The molecule has 4 nitrogen and oxygen atoms in total. The Bertz CT molecular complexity index is 371. The van der Waals surface area contributed by atoms with E-state index in [4.69, 9.17) is 28.4 Å². The average molecular weight is 244 g/mol. The van der Waals surface area contributed by atoms with Crippen molar-refractivity contribution in [1.29, 1.82) is 0 Å². The Kier molecular flexibility index (Phi) is 3.37. The molecule has 2 N–H and O–H groups in total. The Morgan fingerprint density at radius 1 is 1.38 bits per heavy atom. The summed E-state index contributed by atoms with van der Waals surface area (Å²) < 4.78 is 22.1. The van der Waals surface area contributed by atoms with Gasteiger partial charge in [-0.1, -0.05) is 28.1 Å². The molecule has 0 heterocycles. The second-order valence-corrected chi connectivity index (χ2v) is 5.04. The van der Waals surface area contributed by atoms with Crippen LogP contribution in [0.4, 0.5) is 0 Å². The second-order valence-electron chi connectivity index (χ2n) is 2.46. The topological polar surface area (TPSA) is 66.4 Å². The highest BCUT2D eigenvalue weighted by Gasteiger charge is 2.20. The van der Waals surface area contributed by atoms with Crippen LogP contribution in [0.3, 0.4) is 0 Å². The van der Waals surface area contributed by atoms with Crippen LogP contribution in [0.15, 0.2) is 21.0 Å². The lowest BCUT2D eigenvalue weighted by Gasteiger charge is -2.12. The van der Waals surface area contributed by atoms with E-state index in [0.717, 1.165) is 0 Å². The van der Waals surface area contributed by atoms with Gasteiger partial charge in [-0.3, -0.25) is 0 Å². The number of rotatable bonds is 2. The van der Waals surface area contributed by atoms with Gasteiger partial charge in [0.05, 0.1) is 9.94 Å². The molecule has 0 amide bonds. The first kappa shape index (κ1) is 11.0. The lowest BCUT2D eigenvalue weighted by Crippen LogP contribution is -2.22. The van der Waals surface area contributed by atoms with Crippen molar-refractivity contribution in [2.24, 2.45) is 0 Å². The quantitative estimate of drug-likeness (QED) is 0.726. The smallest absolute Gasteiger partial charge is 0.258 e. The summed E-state index contributed by atoms with van der Waals surface area (Å²) in [5, 5.41) is 8.95. The van der Waals surface area contributed by atoms with Crippen LogP contribution in [-0.2, 0) is 10.0 Å². The first-order valence-electron chi connectivity index (χ1n) is 3.38. The van der Waals surface area contributed by atoms with Crippen LogP contribution in [0.1, 0.15) is 12.8 Å². The second kappa shape index (κ2) is 3.98. The minimum Gasteiger partial charge on any atom is -0.302 e. The molecule has 0 radical (unpaired) electrons. The normalized spacial score (nSPS) is 18.8. The van der Waals surface area contributed by atoms with Gasteiger partial charge in [-0.2, -0.15) is 0 Å². The van der Waals surface area contributed by atoms with E-state index in [9.17, 15) is 8.42 Å². The lowest BCUT2D eigenvalue weighted by atomic mass is 10.2. The highest BCUT2D eigenvalue weighted by Crippen LogP contribution is 2.30. The van der Waals surface area contributed by atoms with Gasteiger partial charge in [-0.15, -0.1) is 0 Å². The van der Waals surface area contributed by atoms with Gasteiger partial charge in [0.15, 0.2) is 0 Å². The summed E-state index contributed by atoms with van der Waals surface area (Å²) in [6.45, 7) is 0. The maximum absolute atomic E-state index is 11.1. The van der Waals surface area contributed by atoms with Crippen LogP contribution in [-0.4, -0.2) is 13.6 Å². The number of nitrogens with one attached hydrogen (secondary N) is 1. The molecule has 0 bridgehead atoms. The van der Waals surface area contributed by atoms with E-state index < -0.39 is 10.0 Å². The Morgan fingerprint density at radius 3 is 2.46 bits per heavy atom. The first-order chi connectivity index (χ1) is 5.97. The molecule has 0 aromatic heterocycles. The van der Waals surface area contributed by atoms with E-state index in [0.29, 0.717) is 11.5 Å². The predicted molar refractivity (Wildman–Crippen MR) is 49.9 cm³/mol. The van der Waals surface area contributed by atoms with Crippen molar-refractivity contribution in [2.45, 2.75) is 12.8 Å². The molecule has 1 aliphatic carbocycles. The zero-order valence-corrected chi connectivity index (χ0v) is 8.75. The molecule has 0 aliphatic heterocycles. The summed E-state index contributed by atoms with van der Waals surface area (Å²) in [6, 6.07) is 0. The molecule has 0 saturated heterocycles. The third-order valence-electron chi connectivity index (χ3n) is 1.60. The van der Waals surface area contributed by atoms with Gasteiger partial charge in [0.25, 0.3) is 10.0 Å². The SMILES string of the molecule is O=S(=O)(NO)C1=CC(Cl)=C(Cl)CC1. The Morgan fingerprint density at radius 2 is 2.00 bits per heavy atom. The van der Waals surface area contributed by atoms with Crippen LogP contribution in [0.25, 0.3) is 0 Å². The van der Waals surface area contributed by atoms with E-state index in [1.807, 2.05) is 0 Å². The molecular formula is C6H7Cl2NO3S. The van der Waals surface area contributed by atoms with Gasteiger partial charge in [-0.25, -0.2) is 8.42 Å². The number of hydrogen-bond donors (Lipinski definition) is 2. The molecule has 0 fully saturated rings. The van der Waals surface area contributed by atoms with Crippen molar-refractivity contribution >= 4 is 33.2 Å². The van der Waals surface area contributed by atoms with Crippen LogP contribution in [0.5, 0.6) is 0 Å². The van der Waals surface area contributed by atoms with Crippen LogP contribution in [0, 0.1) is 0 Å². The number of hydrogen-bond acceptors (Lipinski definition) is 3. The van der Waals surface area contributed by atoms with Gasteiger partial charge >= 0.3 is 0 Å². The fourth-order valence-electron chi connectivity index (χ4n) is 0.915. The average Bonchev–Trinajstić information content (AvgIpc) is 2.09. The van der Waals surface area contributed by atoms with E-state index in [1.54, 1.807) is 0 Å². The van der Waals surface area contributed by atoms with E-state index in [-0.39, 0.29) is 16.4 Å². The molecule has 0 aromatic rings. The largest absolute Gasteiger partial charge is 0.302 e. The third kappa shape index (κ3) is 2.45. The van der Waals surface area contributed by atoms with Crippen molar-refractivity contribution in [3.63, 3.8) is 0 Å². The summed E-state index contributed by atoms with van der Waals surface area (Å²) in [4.78, 5) is 1.26. The summed E-state index contributed by atoms with van der Waals surface area (Å²) in [6.07, 6.45) is 1.84. The maximum Gasteiger partial charge on any atom is 0.258 e. The molecule has 7 heteroatoms. The first-order valence-corrected chi connectivity index (χ1v) is 5.62. The fraction of sp³-hybridized carbons (Fsp3) is 0.333. The van der Waals surface area contributed by atoms with Crippen molar-refractivity contribution in [3.05, 3.63) is 21.0 Å². The van der Waals surface area contributed by atoms with Crippen molar-refractivity contribution in [3.8, 4) is 0 Å². The van der Waals surface area contributed by atoms with E-state index in [1.165, 1.54) is 11.0 Å². The van der Waals surface area contributed by atoms with Crippen LogP contribution >= 0.6 is 23.2 Å². The molecule has 0 aromatic carbocycles. The summed E-state index contributed by atoms with van der Waals surface area (Å²) >= 11 is 11.3. The fourth-order valence-corrected chi connectivity index (χ4v) is 2.12. The highest BCUT2D eigenvalue weighted by molar-refractivity contribution is 7.93. The molecular weight excluding hydrogens is 237 g/mol. The minimum absolute atomic E-state index is 0.0319. The molecule has 74 valence electrons. The zero-order valence-electron chi connectivity index (χ0n) is 6.42. The van der Waals surface area contributed by atoms with Crippen molar-refractivity contribution in [1.82, 2.24) is 4.89 Å². The van der Waals surface area contributed by atoms with E-state index >= 15 is 0 Å². The van der Waals surface area contributed by atoms with Gasteiger partial charge in [0.1, 0.15) is 0 Å². The van der Waals surface area contributed by atoms with Gasteiger partial charge < -0.3 is 5.21 Å². The molecule has 1 rings (SSSR count). The molecule has 13 heavy (non-hydrogen) atoms. The van der Waals surface area contributed by atoms with Crippen LogP contribution < -0.4 is 4.89 Å². The number of sulfonamides is 1. The minimum atomic E-state index is -3.79. The molecule has 0 saturated carbocycles. The van der Waals surface area contributed by atoms with Crippen LogP contribution in [0.2, 0.25) is 0 Å².